The smallest absolute Gasteiger partial charge is 0.140 e. The van der Waals surface area contributed by atoms with Crippen LogP contribution in [0.15, 0.2) is 194 Å². The van der Waals surface area contributed by atoms with Gasteiger partial charge in [-0.3, -0.25) is 0 Å². The lowest BCUT2D eigenvalue weighted by molar-refractivity contribution is 0.447. The van der Waals surface area contributed by atoms with Crippen molar-refractivity contribution in [3.8, 4) is 22.6 Å². The Hall–Kier alpha value is -6.90. The molecule has 0 saturated heterocycles. The van der Waals surface area contributed by atoms with Gasteiger partial charge in [-0.2, -0.15) is 0 Å². The maximum Gasteiger partial charge on any atom is 0.140 e. The maximum absolute atomic E-state index is 7.20. The van der Waals surface area contributed by atoms with E-state index in [1.165, 1.54) is 77.9 Å². The highest BCUT2D eigenvalue weighted by molar-refractivity contribution is 6.03. The van der Waals surface area contributed by atoms with Gasteiger partial charge in [0.15, 0.2) is 0 Å². The molecule has 0 fully saturated rings. The van der Waals surface area contributed by atoms with Crippen molar-refractivity contribution < 1.29 is 4.74 Å². The van der Waals surface area contributed by atoms with Crippen LogP contribution in [0.5, 0.6) is 11.5 Å². The van der Waals surface area contributed by atoms with Crippen molar-refractivity contribution in [3.63, 3.8) is 0 Å². The fourth-order valence-corrected chi connectivity index (χ4v) is 10.1. The molecule has 54 heavy (non-hydrogen) atoms. The molecule has 252 valence electrons. The van der Waals surface area contributed by atoms with E-state index in [-0.39, 0.29) is 5.92 Å². The number of rotatable bonds is 2. The fourth-order valence-electron chi connectivity index (χ4n) is 10.1. The second-order valence-electron chi connectivity index (χ2n) is 14.7. The van der Waals surface area contributed by atoms with Crippen LogP contribution in [-0.4, -0.2) is 0 Å². The van der Waals surface area contributed by atoms with Crippen LogP contribution in [0.25, 0.3) is 32.7 Å². The molecule has 9 aromatic rings. The SMILES string of the molecule is c1ccc(C2c3ccccc3N(c3cccc4c3-c3ccccc3C43c4ccc5ccccc5c4Oc4c3ccc3ccccc43)c3ccccc32)cc1. The van der Waals surface area contributed by atoms with Gasteiger partial charge in [0, 0.05) is 33.4 Å². The highest BCUT2D eigenvalue weighted by Gasteiger charge is 2.53. The van der Waals surface area contributed by atoms with E-state index in [2.05, 4.69) is 199 Å². The molecule has 3 aliphatic rings. The van der Waals surface area contributed by atoms with E-state index < -0.39 is 5.41 Å². The summed E-state index contributed by atoms with van der Waals surface area (Å²) in [6, 6.07) is 71.4. The molecule has 1 aliphatic carbocycles. The van der Waals surface area contributed by atoms with Gasteiger partial charge in [-0.15, -0.1) is 0 Å². The molecular formula is C52H33NO. The van der Waals surface area contributed by atoms with Gasteiger partial charge in [-0.1, -0.05) is 176 Å². The quantitative estimate of drug-likeness (QED) is 0.179. The highest BCUT2D eigenvalue weighted by Crippen LogP contribution is 2.66. The van der Waals surface area contributed by atoms with Crippen LogP contribution in [0.1, 0.15) is 44.9 Å². The summed E-state index contributed by atoms with van der Waals surface area (Å²) in [7, 11) is 0. The van der Waals surface area contributed by atoms with Crippen molar-refractivity contribution in [1.82, 2.24) is 0 Å². The number of benzene rings is 9. The lowest BCUT2D eigenvalue weighted by Crippen LogP contribution is -2.32. The minimum absolute atomic E-state index is 0.126. The zero-order valence-corrected chi connectivity index (χ0v) is 29.4. The van der Waals surface area contributed by atoms with Crippen molar-refractivity contribution in [3.05, 3.63) is 233 Å². The fraction of sp³-hybridized carbons (Fsp3) is 0.0385. The lowest BCUT2D eigenvalue weighted by Gasteiger charge is -2.41. The molecule has 0 saturated carbocycles. The molecule has 0 N–H and O–H groups in total. The van der Waals surface area contributed by atoms with Gasteiger partial charge >= 0.3 is 0 Å². The second-order valence-corrected chi connectivity index (χ2v) is 14.7. The van der Waals surface area contributed by atoms with E-state index in [1.807, 2.05) is 0 Å². The number of hydrogen-bond donors (Lipinski definition) is 0. The molecule has 2 heterocycles. The molecule has 2 nitrogen and oxygen atoms in total. The monoisotopic (exact) mass is 687 g/mol. The van der Waals surface area contributed by atoms with E-state index in [1.54, 1.807) is 0 Å². The van der Waals surface area contributed by atoms with E-state index >= 15 is 0 Å². The van der Waals surface area contributed by atoms with Crippen molar-refractivity contribution in [1.29, 1.82) is 0 Å². The molecule has 12 rings (SSSR count). The van der Waals surface area contributed by atoms with Gasteiger partial charge in [-0.25, -0.2) is 0 Å². The Kier molecular flexibility index (Phi) is 6.07. The number of nitrogens with zero attached hydrogens (tertiary/aromatic N) is 1. The first-order chi connectivity index (χ1) is 26.8. The van der Waals surface area contributed by atoms with Gasteiger partial charge in [-0.05, 0) is 62.4 Å². The van der Waals surface area contributed by atoms with Crippen LogP contribution in [0.4, 0.5) is 17.1 Å². The summed E-state index contributed by atoms with van der Waals surface area (Å²) in [6.45, 7) is 0. The van der Waals surface area contributed by atoms with Crippen molar-refractivity contribution in [2.24, 2.45) is 0 Å². The summed E-state index contributed by atoms with van der Waals surface area (Å²) >= 11 is 0. The van der Waals surface area contributed by atoms with Gasteiger partial charge < -0.3 is 9.64 Å². The second kappa shape index (κ2) is 11.1. The Labute approximate surface area is 314 Å². The van der Waals surface area contributed by atoms with Crippen LogP contribution in [-0.2, 0) is 5.41 Å². The molecule has 0 radical (unpaired) electrons. The Bertz CT molecular complexity index is 2860. The van der Waals surface area contributed by atoms with Gasteiger partial charge in [0.25, 0.3) is 0 Å². The third-order valence-corrected chi connectivity index (χ3v) is 12.2. The standard InChI is InChI=1S/C52H33NO/c1-2-17-35(18-3-1)48-39-22-9-12-26-45(39)53(46-27-13-10-23-40(46)48)47-28-14-25-42-49(47)38-21-8-11-24-41(38)52(42)43-31-29-33-15-4-6-19-36(33)50(43)54-51-37-20-7-5-16-34(37)30-32-44(51)52/h1-32,48H. The molecule has 0 bridgehead atoms. The van der Waals surface area contributed by atoms with Crippen molar-refractivity contribution in [2.45, 2.75) is 11.3 Å². The molecule has 0 atom stereocenters. The Morgan fingerprint density at radius 2 is 0.907 bits per heavy atom. The lowest BCUT2D eigenvalue weighted by atomic mass is 9.65. The Morgan fingerprint density at radius 3 is 1.57 bits per heavy atom. The summed E-state index contributed by atoms with van der Waals surface area (Å²) in [5.74, 6) is 2.00. The summed E-state index contributed by atoms with van der Waals surface area (Å²) < 4.78 is 7.20. The first kappa shape index (κ1) is 29.7. The number of fused-ring (bicyclic) bond motifs is 15. The van der Waals surface area contributed by atoms with E-state index in [0.717, 1.165) is 22.3 Å². The first-order valence-electron chi connectivity index (χ1n) is 18.8. The van der Waals surface area contributed by atoms with Crippen LogP contribution in [0, 0.1) is 0 Å². The predicted molar refractivity (Wildman–Crippen MR) is 221 cm³/mol. The number of anilines is 3. The topological polar surface area (TPSA) is 12.5 Å². The van der Waals surface area contributed by atoms with Crippen LogP contribution in [0.2, 0.25) is 0 Å². The third-order valence-electron chi connectivity index (χ3n) is 12.2. The molecule has 0 unspecified atom stereocenters. The number of para-hydroxylation sites is 2. The molecule has 0 aromatic heterocycles. The number of hydrogen-bond acceptors (Lipinski definition) is 2. The van der Waals surface area contributed by atoms with Crippen LogP contribution < -0.4 is 9.64 Å². The average molecular weight is 688 g/mol. The summed E-state index contributed by atoms with van der Waals surface area (Å²) in [6.07, 6.45) is 0. The molecule has 9 aromatic carbocycles. The number of ether oxygens (including phenoxy) is 1. The largest absolute Gasteiger partial charge is 0.455 e. The maximum atomic E-state index is 7.20. The molecule has 0 amide bonds. The highest BCUT2D eigenvalue weighted by atomic mass is 16.5. The molecule has 1 spiro atoms. The zero-order valence-electron chi connectivity index (χ0n) is 29.4. The molecular weight excluding hydrogens is 655 g/mol. The van der Waals surface area contributed by atoms with Crippen LogP contribution >= 0.6 is 0 Å². The van der Waals surface area contributed by atoms with E-state index in [4.69, 9.17) is 4.74 Å². The molecule has 2 aliphatic heterocycles. The van der Waals surface area contributed by atoms with Crippen molar-refractivity contribution >= 4 is 38.6 Å². The van der Waals surface area contributed by atoms with Gasteiger partial charge in [0.1, 0.15) is 11.5 Å². The summed E-state index contributed by atoms with van der Waals surface area (Å²) in [5, 5.41) is 4.59. The van der Waals surface area contributed by atoms with E-state index in [0.29, 0.717) is 0 Å². The van der Waals surface area contributed by atoms with Gasteiger partial charge in [0.05, 0.1) is 22.5 Å². The molecule has 2 heteroatoms. The predicted octanol–water partition coefficient (Wildman–Crippen LogP) is 13.4. The Morgan fingerprint density at radius 1 is 0.389 bits per heavy atom. The zero-order chi connectivity index (χ0) is 35.4. The summed E-state index contributed by atoms with van der Waals surface area (Å²) in [5.41, 5.74) is 14.3. The van der Waals surface area contributed by atoms with Crippen LogP contribution in [0.3, 0.4) is 0 Å². The third kappa shape index (κ3) is 3.79. The minimum atomic E-state index is -0.611. The Balaban J connectivity index is 1.20. The first-order valence-corrected chi connectivity index (χ1v) is 18.8. The van der Waals surface area contributed by atoms with E-state index in [9.17, 15) is 0 Å². The average Bonchev–Trinajstić information content (AvgIpc) is 3.54. The minimum Gasteiger partial charge on any atom is -0.455 e. The van der Waals surface area contributed by atoms with Crippen molar-refractivity contribution in [2.75, 3.05) is 4.90 Å². The van der Waals surface area contributed by atoms with Gasteiger partial charge in [0.2, 0.25) is 0 Å². The summed E-state index contributed by atoms with van der Waals surface area (Å²) in [4.78, 5) is 2.53. The normalized spacial score (nSPS) is 14.5.